The molecular weight excluding hydrogens is 473 g/mol. The van der Waals surface area contributed by atoms with E-state index in [1.54, 1.807) is 32.2 Å². The summed E-state index contributed by atoms with van der Waals surface area (Å²) in [7, 11) is -0.152. The van der Waals surface area contributed by atoms with Gasteiger partial charge in [0.1, 0.15) is 11.7 Å². The van der Waals surface area contributed by atoms with E-state index in [2.05, 4.69) is 16.7 Å². The van der Waals surface area contributed by atoms with Gasteiger partial charge in [-0.25, -0.2) is 0 Å². The fraction of sp³-hybridized carbons (Fsp3) is 0.444. The standard InChI is InChI=1S/C27H36BN3O6/c1-19(23(17-29)26(33)31-27(2,3)18-36-4)21-11-8-12-22(16-21)37-14-13-25(32)30-24(28(34)35)15-20-9-6-5-7-10-20/h5-12,16,19,23-24,34-35H,13-15,18H2,1-4H3,(H,30,32)(H,31,33)/t19?,23?,24-/m0/s1. The highest BCUT2D eigenvalue weighted by Crippen LogP contribution is 2.27. The molecule has 0 saturated carbocycles. The van der Waals surface area contributed by atoms with Crippen LogP contribution in [0.4, 0.5) is 0 Å². The van der Waals surface area contributed by atoms with Crippen LogP contribution < -0.4 is 15.4 Å². The fourth-order valence-corrected chi connectivity index (χ4v) is 3.93. The Morgan fingerprint density at radius 2 is 1.84 bits per heavy atom. The van der Waals surface area contributed by atoms with Crippen molar-refractivity contribution < 1.29 is 29.1 Å². The first-order valence-electron chi connectivity index (χ1n) is 12.2. The first-order valence-corrected chi connectivity index (χ1v) is 12.2. The highest BCUT2D eigenvalue weighted by Gasteiger charge is 2.31. The molecule has 37 heavy (non-hydrogen) atoms. The van der Waals surface area contributed by atoms with Gasteiger partial charge in [-0.1, -0.05) is 49.4 Å². The van der Waals surface area contributed by atoms with Gasteiger partial charge in [0.25, 0.3) is 0 Å². The molecule has 0 saturated heterocycles. The number of methoxy groups -OCH3 is 1. The van der Waals surface area contributed by atoms with Gasteiger partial charge in [0.05, 0.1) is 37.2 Å². The second kappa shape index (κ2) is 14.4. The van der Waals surface area contributed by atoms with E-state index < -0.39 is 30.4 Å². The molecule has 4 N–H and O–H groups in total. The van der Waals surface area contributed by atoms with E-state index in [9.17, 15) is 24.9 Å². The normalized spacial score (nSPS) is 13.5. The lowest BCUT2D eigenvalue weighted by Gasteiger charge is -2.28. The number of carbonyl (C=O) groups excluding carboxylic acids is 2. The number of nitriles is 1. The van der Waals surface area contributed by atoms with E-state index in [0.717, 1.165) is 11.1 Å². The Labute approximate surface area is 218 Å². The van der Waals surface area contributed by atoms with E-state index in [1.807, 2.05) is 50.2 Å². The Bertz CT molecular complexity index is 1060. The molecule has 0 spiro atoms. The molecule has 2 rings (SSSR count). The lowest BCUT2D eigenvalue weighted by atomic mass is 9.76. The van der Waals surface area contributed by atoms with Crippen LogP contribution >= 0.6 is 0 Å². The third kappa shape index (κ3) is 9.88. The second-order valence-corrected chi connectivity index (χ2v) is 9.65. The van der Waals surface area contributed by atoms with Gasteiger partial charge >= 0.3 is 7.12 Å². The van der Waals surface area contributed by atoms with Crippen LogP contribution in [0.3, 0.4) is 0 Å². The Balaban J connectivity index is 1.93. The van der Waals surface area contributed by atoms with Crippen LogP contribution in [0.5, 0.6) is 5.75 Å². The highest BCUT2D eigenvalue weighted by atomic mass is 16.5. The quantitative estimate of drug-likeness (QED) is 0.286. The van der Waals surface area contributed by atoms with E-state index >= 15 is 0 Å². The number of nitrogens with one attached hydrogen (secondary N) is 2. The molecule has 2 aromatic carbocycles. The van der Waals surface area contributed by atoms with E-state index in [4.69, 9.17) is 9.47 Å². The molecule has 0 radical (unpaired) electrons. The monoisotopic (exact) mass is 509 g/mol. The van der Waals surface area contributed by atoms with Crippen LogP contribution in [0.25, 0.3) is 0 Å². The third-order valence-electron chi connectivity index (χ3n) is 5.87. The zero-order chi connectivity index (χ0) is 27.4. The van der Waals surface area contributed by atoms with Gasteiger partial charge in [-0.3, -0.25) is 9.59 Å². The molecule has 0 aliphatic carbocycles. The number of rotatable bonds is 14. The largest absolute Gasteiger partial charge is 0.493 e. The molecule has 198 valence electrons. The van der Waals surface area contributed by atoms with Gasteiger partial charge < -0.3 is 30.2 Å². The molecule has 2 amide bonds. The summed E-state index contributed by atoms with van der Waals surface area (Å²) in [5, 5.41) is 34.5. The maximum atomic E-state index is 12.8. The van der Waals surface area contributed by atoms with Gasteiger partial charge in [-0.2, -0.15) is 5.26 Å². The summed E-state index contributed by atoms with van der Waals surface area (Å²) in [5.41, 5.74) is 1.01. The van der Waals surface area contributed by atoms with Crippen molar-refractivity contribution >= 4 is 18.9 Å². The van der Waals surface area contributed by atoms with Crippen molar-refractivity contribution in [2.75, 3.05) is 20.3 Å². The van der Waals surface area contributed by atoms with Crippen LogP contribution in [0.2, 0.25) is 0 Å². The van der Waals surface area contributed by atoms with Gasteiger partial charge in [0.2, 0.25) is 11.8 Å². The van der Waals surface area contributed by atoms with Crippen molar-refractivity contribution in [2.45, 2.75) is 51.0 Å². The predicted octanol–water partition coefficient (Wildman–Crippen LogP) is 1.98. The summed E-state index contributed by atoms with van der Waals surface area (Å²) < 4.78 is 10.9. The average Bonchev–Trinajstić information content (AvgIpc) is 2.84. The Morgan fingerprint density at radius 1 is 1.14 bits per heavy atom. The summed E-state index contributed by atoms with van der Waals surface area (Å²) in [5.74, 6) is -2.42. The van der Waals surface area contributed by atoms with E-state index in [-0.39, 0.29) is 31.3 Å². The van der Waals surface area contributed by atoms with E-state index in [0.29, 0.717) is 12.4 Å². The van der Waals surface area contributed by atoms with Crippen LogP contribution in [0.1, 0.15) is 44.2 Å². The molecule has 2 aromatic rings. The topological polar surface area (TPSA) is 141 Å². The summed E-state index contributed by atoms with van der Waals surface area (Å²) >= 11 is 0. The minimum Gasteiger partial charge on any atom is -0.493 e. The number of hydrogen-bond acceptors (Lipinski definition) is 7. The number of nitrogens with zero attached hydrogens (tertiary/aromatic N) is 1. The van der Waals surface area contributed by atoms with Crippen LogP contribution in [0.15, 0.2) is 54.6 Å². The third-order valence-corrected chi connectivity index (χ3v) is 5.87. The van der Waals surface area contributed by atoms with E-state index in [1.165, 1.54) is 0 Å². The molecule has 0 aromatic heterocycles. The Morgan fingerprint density at radius 3 is 2.46 bits per heavy atom. The lowest BCUT2D eigenvalue weighted by Crippen LogP contribution is -2.49. The van der Waals surface area contributed by atoms with Crippen LogP contribution in [0, 0.1) is 17.2 Å². The molecule has 0 bridgehead atoms. The number of benzene rings is 2. The number of amides is 2. The molecule has 0 fully saturated rings. The van der Waals surface area contributed by atoms with Crippen molar-refractivity contribution in [2.24, 2.45) is 5.92 Å². The van der Waals surface area contributed by atoms with Crippen molar-refractivity contribution in [1.82, 2.24) is 10.6 Å². The minimum absolute atomic E-state index is 0.00952. The highest BCUT2D eigenvalue weighted by molar-refractivity contribution is 6.43. The van der Waals surface area contributed by atoms with Gasteiger partial charge in [0.15, 0.2) is 0 Å². The summed E-state index contributed by atoms with van der Waals surface area (Å²) in [6, 6.07) is 18.4. The van der Waals surface area contributed by atoms with Crippen molar-refractivity contribution in [1.29, 1.82) is 5.26 Å². The molecule has 0 aliphatic rings. The first-order chi connectivity index (χ1) is 17.6. The minimum atomic E-state index is -1.70. The maximum absolute atomic E-state index is 12.8. The SMILES string of the molecule is COCC(C)(C)NC(=O)C(C#N)C(C)c1cccc(OCCC(=O)N[C@@H](Cc2ccccc2)B(O)O)c1. The summed E-state index contributed by atoms with van der Waals surface area (Å²) in [4.78, 5) is 25.1. The average molecular weight is 509 g/mol. The molecule has 10 heteroatoms. The zero-order valence-electron chi connectivity index (χ0n) is 21.8. The Kier molecular flexibility index (Phi) is 11.6. The lowest BCUT2D eigenvalue weighted by molar-refractivity contribution is -0.126. The second-order valence-electron chi connectivity index (χ2n) is 9.65. The van der Waals surface area contributed by atoms with Crippen LogP contribution in [-0.2, 0) is 20.7 Å². The van der Waals surface area contributed by atoms with Crippen molar-refractivity contribution in [3.63, 3.8) is 0 Å². The van der Waals surface area contributed by atoms with Crippen molar-refractivity contribution in [3.8, 4) is 11.8 Å². The maximum Gasteiger partial charge on any atom is 0.475 e. The smallest absolute Gasteiger partial charge is 0.475 e. The summed E-state index contributed by atoms with van der Waals surface area (Å²) in [6.07, 6.45) is 0.289. The van der Waals surface area contributed by atoms with Gasteiger partial charge in [0, 0.05) is 13.0 Å². The number of hydrogen-bond donors (Lipinski definition) is 4. The molecule has 9 nitrogen and oxygen atoms in total. The molecule has 0 aliphatic heterocycles. The zero-order valence-corrected chi connectivity index (χ0v) is 21.8. The predicted molar refractivity (Wildman–Crippen MR) is 140 cm³/mol. The summed E-state index contributed by atoms with van der Waals surface area (Å²) in [6.45, 7) is 5.83. The van der Waals surface area contributed by atoms with Crippen LogP contribution in [-0.4, -0.2) is 60.8 Å². The fourth-order valence-electron chi connectivity index (χ4n) is 3.93. The number of carbonyl (C=O) groups is 2. The molecule has 0 heterocycles. The molecule has 2 unspecified atom stereocenters. The number of ether oxygens (including phenoxy) is 2. The molecule has 3 atom stereocenters. The Hall–Kier alpha value is -3.39. The van der Waals surface area contributed by atoms with Gasteiger partial charge in [-0.15, -0.1) is 0 Å². The first kappa shape index (κ1) is 29.8. The van der Waals surface area contributed by atoms with Gasteiger partial charge in [-0.05, 0) is 43.5 Å². The van der Waals surface area contributed by atoms with Crippen molar-refractivity contribution in [3.05, 3.63) is 65.7 Å². The molecular formula is C27H36BN3O6.